The van der Waals surface area contributed by atoms with Crippen LogP contribution in [0.3, 0.4) is 0 Å². The number of aromatic amines is 1. The number of hydrogen-bond acceptors (Lipinski definition) is 3. The average molecular weight is 299 g/mol. The van der Waals surface area contributed by atoms with E-state index in [9.17, 15) is 4.21 Å². The Labute approximate surface area is 125 Å². The van der Waals surface area contributed by atoms with Gasteiger partial charge in [-0.2, -0.15) is 0 Å². The topological polar surface area (TPSA) is 71.8 Å². The number of benzene rings is 2. The number of H-pyrrole nitrogens is 1. The highest BCUT2D eigenvalue weighted by atomic mass is 32.2. The minimum atomic E-state index is -1.23. The highest BCUT2D eigenvalue weighted by molar-refractivity contribution is 7.84. The molecule has 0 aliphatic carbocycles. The summed E-state index contributed by atoms with van der Waals surface area (Å²) in [5.41, 5.74) is 10.5. The molecule has 3 aromatic rings. The number of fused-ring (bicyclic) bond motifs is 1. The number of nitrogens with one attached hydrogen (secondary N) is 1. The number of hydrogen-bond donors (Lipinski definition) is 2. The van der Waals surface area contributed by atoms with Crippen LogP contribution in [0.5, 0.6) is 0 Å². The van der Waals surface area contributed by atoms with Gasteiger partial charge < -0.3 is 10.7 Å². The Bertz CT molecular complexity index is 777. The molecule has 1 heterocycles. The van der Waals surface area contributed by atoms with Gasteiger partial charge in [-0.1, -0.05) is 31.2 Å². The Hall–Kier alpha value is -2.14. The lowest BCUT2D eigenvalue weighted by Gasteiger charge is -2.06. The van der Waals surface area contributed by atoms with Crippen molar-refractivity contribution in [2.75, 3.05) is 5.73 Å². The molecule has 0 radical (unpaired) electrons. The Balaban J connectivity index is 1.89. The van der Waals surface area contributed by atoms with Crippen LogP contribution >= 0.6 is 0 Å². The average Bonchev–Trinajstić information content (AvgIpc) is 2.93. The molecule has 0 saturated heterocycles. The minimum Gasteiger partial charge on any atom is -0.398 e. The summed E-state index contributed by atoms with van der Waals surface area (Å²) in [4.78, 5) is 7.50. The van der Waals surface area contributed by atoms with Crippen LogP contribution in [0.4, 0.5) is 5.69 Å². The number of aryl methyl sites for hydroxylation is 1. The largest absolute Gasteiger partial charge is 0.398 e. The van der Waals surface area contributed by atoms with Crippen molar-refractivity contribution in [3.8, 4) is 0 Å². The number of nitrogens with zero attached hydrogens (tertiary/aromatic N) is 1. The van der Waals surface area contributed by atoms with E-state index >= 15 is 0 Å². The number of nitrogens with two attached hydrogens (primary N) is 1. The van der Waals surface area contributed by atoms with Crippen LogP contribution in [0.2, 0.25) is 0 Å². The van der Waals surface area contributed by atoms with Gasteiger partial charge in [0.25, 0.3) is 0 Å². The molecule has 0 bridgehead atoms. The number of nitrogen functional groups attached to an aromatic ring is 1. The van der Waals surface area contributed by atoms with Crippen LogP contribution in [0.15, 0.2) is 47.6 Å². The van der Waals surface area contributed by atoms with E-state index in [0.29, 0.717) is 16.6 Å². The first-order valence-corrected chi connectivity index (χ1v) is 8.19. The quantitative estimate of drug-likeness (QED) is 0.727. The van der Waals surface area contributed by atoms with Gasteiger partial charge in [-0.3, -0.25) is 4.21 Å². The lowest BCUT2D eigenvalue weighted by atomic mass is 10.1. The first-order valence-electron chi connectivity index (χ1n) is 6.87. The Kier molecular flexibility index (Phi) is 3.75. The van der Waals surface area contributed by atoms with Crippen LogP contribution in [0, 0.1) is 0 Å². The molecular formula is C16H17N3OS. The summed E-state index contributed by atoms with van der Waals surface area (Å²) < 4.78 is 12.5. The van der Waals surface area contributed by atoms with Crippen LogP contribution in [-0.4, -0.2) is 14.2 Å². The lowest BCUT2D eigenvalue weighted by Crippen LogP contribution is -2.02. The van der Waals surface area contributed by atoms with Gasteiger partial charge >= 0.3 is 0 Å². The molecule has 0 aliphatic heterocycles. The van der Waals surface area contributed by atoms with Crippen molar-refractivity contribution < 1.29 is 4.21 Å². The van der Waals surface area contributed by atoms with Crippen molar-refractivity contribution in [1.82, 2.24) is 9.97 Å². The van der Waals surface area contributed by atoms with Gasteiger partial charge in [-0.05, 0) is 35.7 Å². The van der Waals surface area contributed by atoms with Crippen molar-refractivity contribution in [1.29, 1.82) is 0 Å². The van der Waals surface area contributed by atoms with Crippen molar-refractivity contribution in [2.45, 2.75) is 24.3 Å². The summed E-state index contributed by atoms with van der Waals surface area (Å²) in [6.07, 6.45) is 0.935. The Morgan fingerprint density at radius 3 is 2.81 bits per heavy atom. The van der Waals surface area contributed by atoms with Crippen molar-refractivity contribution in [3.63, 3.8) is 0 Å². The molecule has 4 nitrogen and oxygen atoms in total. The zero-order chi connectivity index (χ0) is 14.8. The van der Waals surface area contributed by atoms with Gasteiger partial charge in [-0.25, -0.2) is 4.98 Å². The summed E-state index contributed by atoms with van der Waals surface area (Å²) in [6, 6.07) is 13.6. The molecular weight excluding hydrogens is 282 g/mol. The van der Waals surface area contributed by atoms with Crippen molar-refractivity contribution in [3.05, 3.63) is 53.6 Å². The van der Waals surface area contributed by atoms with E-state index in [1.807, 2.05) is 42.5 Å². The maximum Gasteiger partial charge on any atom is 0.197 e. The maximum absolute atomic E-state index is 12.5. The smallest absolute Gasteiger partial charge is 0.197 e. The van der Waals surface area contributed by atoms with Crippen molar-refractivity contribution in [2.24, 2.45) is 0 Å². The van der Waals surface area contributed by atoms with E-state index in [1.165, 1.54) is 5.56 Å². The molecule has 3 rings (SSSR count). The summed E-state index contributed by atoms with van der Waals surface area (Å²) in [7, 11) is -1.23. The number of para-hydroxylation sites is 2. The molecule has 1 unspecified atom stereocenters. The van der Waals surface area contributed by atoms with Crippen LogP contribution < -0.4 is 5.73 Å². The number of anilines is 1. The number of imidazole rings is 1. The third kappa shape index (κ3) is 2.83. The fraction of sp³-hybridized carbons (Fsp3) is 0.188. The maximum atomic E-state index is 12.5. The predicted molar refractivity (Wildman–Crippen MR) is 86.4 cm³/mol. The molecule has 1 aromatic heterocycles. The van der Waals surface area contributed by atoms with Gasteiger partial charge in [0.1, 0.15) is 0 Å². The SMILES string of the molecule is CCc1ccc(N)c(CS(=O)c2nc3ccccc3[nH]2)c1. The zero-order valence-electron chi connectivity index (χ0n) is 11.8. The van der Waals surface area contributed by atoms with E-state index in [4.69, 9.17) is 5.73 Å². The summed E-state index contributed by atoms with van der Waals surface area (Å²) in [6.45, 7) is 2.09. The van der Waals surface area contributed by atoms with E-state index in [1.54, 1.807) is 0 Å². The molecule has 108 valence electrons. The normalized spacial score (nSPS) is 12.6. The van der Waals surface area contributed by atoms with Gasteiger partial charge in [-0.15, -0.1) is 0 Å². The van der Waals surface area contributed by atoms with E-state index < -0.39 is 10.8 Å². The monoisotopic (exact) mass is 299 g/mol. The summed E-state index contributed by atoms with van der Waals surface area (Å²) in [5, 5.41) is 0.498. The lowest BCUT2D eigenvalue weighted by molar-refractivity contribution is 0.677. The molecule has 0 fully saturated rings. The standard InChI is InChI=1S/C16H17N3OS/c1-2-11-7-8-13(17)12(9-11)10-21(20)16-18-14-5-3-4-6-15(14)19-16/h3-9H,2,10,17H2,1H3,(H,18,19). The Morgan fingerprint density at radius 1 is 1.24 bits per heavy atom. The molecule has 0 amide bonds. The van der Waals surface area contributed by atoms with Crippen molar-refractivity contribution >= 4 is 27.5 Å². The minimum absolute atomic E-state index is 0.374. The first-order chi connectivity index (χ1) is 10.2. The summed E-state index contributed by atoms with van der Waals surface area (Å²) in [5.74, 6) is 0.374. The van der Waals surface area contributed by atoms with E-state index in [0.717, 1.165) is 23.0 Å². The molecule has 0 saturated carbocycles. The zero-order valence-corrected chi connectivity index (χ0v) is 12.6. The summed E-state index contributed by atoms with van der Waals surface area (Å²) >= 11 is 0. The second-order valence-corrected chi connectivity index (χ2v) is 6.30. The molecule has 0 spiro atoms. The molecule has 5 heteroatoms. The predicted octanol–water partition coefficient (Wildman–Crippen LogP) is 3.02. The molecule has 2 aromatic carbocycles. The molecule has 0 aliphatic rings. The first kappa shape index (κ1) is 13.8. The second kappa shape index (κ2) is 5.69. The van der Waals surface area contributed by atoms with Gasteiger partial charge in [0.15, 0.2) is 5.16 Å². The van der Waals surface area contributed by atoms with E-state index in [2.05, 4.69) is 16.9 Å². The third-order valence-electron chi connectivity index (χ3n) is 3.49. The van der Waals surface area contributed by atoms with Crippen LogP contribution in [0.25, 0.3) is 11.0 Å². The number of aromatic nitrogens is 2. The highest BCUT2D eigenvalue weighted by Crippen LogP contribution is 2.20. The molecule has 21 heavy (non-hydrogen) atoms. The third-order valence-corrected chi connectivity index (χ3v) is 4.68. The van der Waals surface area contributed by atoms with Gasteiger partial charge in [0.05, 0.1) is 27.6 Å². The van der Waals surface area contributed by atoms with Gasteiger partial charge in [0, 0.05) is 5.69 Å². The number of rotatable bonds is 4. The fourth-order valence-corrected chi connectivity index (χ4v) is 3.34. The molecule has 1 atom stereocenters. The van der Waals surface area contributed by atoms with E-state index in [-0.39, 0.29) is 0 Å². The fourth-order valence-electron chi connectivity index (χ4n) is 2.25. The van der Waals surface area contributed by atoms with Crippen LogP contribution in [0.1, 0.15) is 18.1 Å². The van der Waals surface area contributed by atoms with Gasteiger partial charge in [0.2, 0.25) is 0 Å². The van der Waals surface area contributed by atoms with Crippen LogP contribution in [-0.2, 0) is 23.0 Å². The highest BCUT2D eigenvalue weighted by Gasteiger charge is 2.12. The second-order valence-electron chi connectivity index (χ2n) is 4.94. The Morgan fingerprint density at radius 2 is 2.05 bits per heavy atom. The molecule has 3 N–H and O–H groups in total.